The second-order valence-electron chi connectivity index (χ2n) is 5.55. The van der Waals surface area contributed by atoms with Gasteiger partial charge in [-0.05, 0) is 42.4 Å². The maximum Gasteiger partial charge on any atom is 0.240 e. The second-order valence-corrected chi connectivity index (χ2v) is 7.72. The van der Waals surface area contributed by atoms with E-state index in [1.807, 2.05) is 0 Å². The Labute approximate surface area is 125 Å². The van der Waals surface area contributed by atoms with E-state index >= 15 is 0 Å². The fraction of sp³-hybridized carbons (Fsp3) is 0.571. The molecule has 6 heteroatoms. The molecule has 0 radical (unpaired) electrons. The molecule has 1 aromatic rings. The van der Waals surface area contributed by atoms with Crippen molar-refractivity contribution in [1.82, 2.24) is 4.72 Å². The third kappa shape index (κ3) is 3.73. The SMILES string of the molecule is CC1CCC(CNS(=O)(=O)c2ccc(CO)c(Cl)c2)C1. The lowest BCUT2D eigenvalue weighted by molar-refractivity contribution is 0.282. The van der Waals surface area contributed by atoms with Crippen LogP contribution in [0.5, 0.6) is 0 Å². The number of hydrogen-bond donors (Lipinski definition) is 2. The number of rotatable bonds is 5. The minimum atomic E-state index is -3.53. The minimum Gasteiger partial charge on any atom is -0.392 e. The zero-order valence-electron chi connectivity index (χ0n) is 11.5. The number of aliphatic hydroxyl groups is 1. The third-order valence-electron chi connectivity index (χ3n) is 3.87. The van der Waals surface area contributed by atoms with Crippen LogP contribution in [-0.4, -0.2) is 20.1 Å². The predicted molar refractivity (Wildman–Crippen MR) is 79.1 cm³/mol. The highest BCUT2D eigenvalue weighted by molar-refractivity contribution is 7.89. The number of hydrogen-bond acceptors (Lipinski definition) is 3. The second kappa shape index (κ2) is 6.43. The van der Waals surface area contributed by atoms with Gasteiger partial charge in [0.15, 0.2) is 0 Å². The molecule has 1 aliphatic carbocycles. The first-order valence-corrected chi connectivity index (χ1v) is 8.67. The fourth-order valence-electron chi connectivity index (χ4n) is 2.64. The number of sulfonamides is 1. The highest BCUT2D eigenvalue weighted by Crippen LogP contribution is 2.30. The Kier molecular flexibility index (Phi) is 5.07. The van der Waals surface area contributed by atoms with Crippen LogP contribution in [0.3, 0.4) is 0 Å². The van der Waals surface area contributed by atoms with Gasteiger partial charge in [0.25, 0.3) is 0 Å². The third-order valence-corrected chi connectivity index (χ3v) is 5.64. The van der Waals surface area contributed by atoms with E-state index in [-0.39, 0.29) is 16.5 Å². The van der Waals surface area contributed by atoms with Crippen molar-refractivity contribution < 1.29 is 13.5 Å². The van der Waals surface area contributed by atoms with Gasteiger partial charge >= 0.3 is 0 Å². The lowest BCUT2D eigenvalue weighted by Gasteiger charge is -2.12. The summed E-state index contributed by atoms with van der Waals surface area (Å²) in [6.07, 6.45) is 3.32. The smallest absolute Gasteiger partial charge is 0.240 e. The highest BCUT2D eigenvalue weighted by Gasteiger charge is 2.23. The Morgan fingerprint density at radius 3 is 2.70 bits per heavy atom. The van der Waals surface area contributed by atoms with E-state index in [1.54, 1.807) is 0 Å². The summed E-state index contributed by atoms with van der Waals surface area (Å²) in [4.78, 5) is 0.144. The van der Waals surface area contributed by atoms with Crippen molar-refractivity contribution in [3.8, 4) is 0 Å². The lowest BCUT2D eigenvalue weighted by atomic mass is 10.1. The van der Waals surface area contributed by atoms with E-state index in [9.17, 15) is 8.42 Å². The Morgan fingerprint density at radius 2 is 2.15 bits per heavy atom. The van der Waals surface area contributed by atoms with Gasteiger partial charge in [0.2, 0.25) is 10.0 Å². The van der Waals surface area contributed by atoms with E-state index in [4.69, 9.17) is 16.7 Å². The number of halogens is 1. The molecule has 0 saturated heterocycles. The number of aliphatic hydroxyl groups excluding tert-OH is 1. The predicted octanol–water partition coefficient (Wildman–Crippen LogP) is 2.55. The van der Waals surface area contributed by atoms with Gasteiger partial charge in [-0.2, -0.15) is 0 Å². The monoisotopic (exact) mass is 317 g/mol. The molecule has 20 heavy (non-hydrogen) atoms. The van der Waals surface area contributed by atoms with E-state index < -0.39 is 10.0 Å². The number of nitrogens with one attached hydrogen (secondary N) is 1. The molecule has 112 valence electrons. The first kappa shape index (κ1) is 15.8. The summed E-state index contributed by atoms with van der Waals surface area (Å²) in [5.41, 5.74) is 0.523. The summed E-state index contributed by atoms with van der Waals surface area (Å²) in [5.74, 6) is 1.11. The van der Waals surface area contributed by atoms with Crippen molar-refractivity contribution in [2.24, 2.45) is 11.8 Å². The van der Waals surface area contributed by atoms with Gasteiger partial charge in [-0.3, -0.25) is 0 Å². The molecule has 0 aromatic heterocycles. The van der Waals surface area contributed by atoms with Crippen LogP contribution < -0.4 is 4.72 Å². The molecule has 0 aliphatic heterocycles. The summed E-state index contributed by atoms with van der Waals surface area (Å²) in [6, 6.07) is 4.39. The molecule has 4 nitrogen and oxygen atoms in total. The zero-order chi connectivity index (χ0) is 14.8. The van der Waals surface area contributed by atoms with Crippen LogP contribution in [0.4, 0.5) is 0 Å². The molecule has 2 N–H and O–H groups in total. The summed E-state index contributed by atoms with van der Waals surface area (Å²) in [7, 11) is -3.53. The Hall–Kier alpha value is -0.620. The standard InChI is InChI=1S/C14H20ClNO3S/c1-10-2-3-11(6-10)8-16-20(18,19)13-5-4-12(9-17)14(15)7-13/h4-5,7,10-11,16-17H,2-3,6,8-9H2,1H3. The van der Waals surface area contributed by atoms with Gasteiger partial charge < -0.3 is 5.11 Å². The van der Waals surface area contributed by atoms with Crippen molar-refractivity contribution >= 4 is 21.6 Å². The molecule has 0 amide bonds. The quantitative estimate of drug-likeness (QED) is 0.877. The van der Waals surface area contributed by atoms with Gasteiger partial charge in [-0.25, -0.2) is 13.1 Å². The lowest BCUT2D eigenvalue weighted by Crippen LogP contribution is -2.28. The van der Waals surface area contributed by atoms with Crippen LogP contribution in [0.1, 0.15) is 31.7 Å². The molecule has 1 fully saturated rings. The van der Waals surface area contributed by atoms with Crippen molar-refractivity contribution in [2.75, 3.05) is 6.54 Å². The van der Waals surface area contributed by atoms with Crippen LogP contribution in [0.25, 0.3) is 0 Å². The first-order chi connectivity index (χ1) is 9.42. The van der Waals surface area contributed by atoms with E-state index in [2.05, 4.69) is 11.6 Å². The molecule has 1 aliphatic rings. The summed E-state index contributed by atoms with van der Waals surface area (Å²) in [6.45, 7) is 2.47. The van der Waals surface area contributed by atoms with Crippen molar-refractivity contribution in [2.45, 2.75) is 37.7 Å². The average molecular weight is 318 g/mol. The summed E-state index contributed by atoms with van der Waals surface area (Å²) < 4.78 is 27.0. The molecular formula is C14H20ClNO3S. The van der Waals surface area contributed by atoms with Gasteiger partial charge in [0, 0.05) is 11.6 Å². The molecule has 2 atom stereocenters. The fourth-order valence-corrected chi connectivity index (χ4v) is 4.09. The molecule has 2 unspecified atom stereocenters. The topological polar surface area (TPSA) is 66.4 Å². The zero-order valence-corrected chi connectivity index (χ0v) is 13.0. The van der Waals surface area contributed by atoms with Crippen LogP contribution in [0.2, 0.25) is 5.02 Å². The summed E-state index contributed by atoms with van der Waals surface area (Å²) >= 11 is 5.93. The Balaban J connectivity index is 2.04. The Morgan fingerprint density at radius 1 is 1.40 bits per heavy atom. The van der Waals surface area contributed by atoms with Crippen molar-refractivity contribution in [3.63, 3.8) is 0 Å². The molecule has 0 heterocycles. The first-order valence-electron chi connectivity index (χ1n) is 6.81. The highest BCUT2D eigenvalue weighted by atomic mass is 35.5. The Bertz CT molecular complexity index is 574. The maximum absolute atomic E-state index is 12.2. The summed E-state index contributed by atoms with van der Waals surface area (Å²) in [5, 5.41) is 9.30. The molecule has 0 spiro atoms. The van der Waals surface area contributed by atoms with Gasteiger partial charge in [-0.1, -0.05) is 31.0 Å². The number of benzene rings is 1. The molecule has 1 aromatic carbocycles. The largest absolute Gasteiger partial charge is 0.392 e. The maximum atomic E-state index is 12.2. The van der Waals surface area contributed by atoms with Crippen LogP contribution >= 0.6 is 11.6 Å². The molecule has 2 rings (SSSR count). The van der Waals surface area contributed by atoms with Crippen LogP contribution in [-0.2, 0) is 16.6 Å². The molecular weight excluding hydrogens is 298 g/mol. The molecule has 1 saturated carbocycles. The van der Waals surface area contributed by atoms with Crippen molar-refractivity contribution in [3.05, 3.63) is 28.8 Å². The molecule has 0 bridgehead atoms. The van der Waals surface area contributed by atoms with E-state index in [1.165, 1.54) is 24.6 Å². The van der Waals surface area contributed by atoms with E-state index in [0.29, 0.717) is 23.9 Å². The average Bonchev–Trinajstić information content (AvgIpc) is 2.82. The normalized spacial score (nSPS) is 23.1. The van der Waals surface area contributed by atoms with Crippen molar-refractivity contribution in [1.29, 1.82) is 0 Å². The van der Waals surface area contributed by atoms with Gasteiger partial charge in [0.05, 0.1) is 11.5 Å². The van der Waals surface area contributed by atoms with Gasteiger partial charge in [0.1, 0.15) is 0 Å². The van der Waals surface area contributed by atoms with Gasteiger partial charge in [-0.15, -0.1) is 0 Å². The van der Waals surface area contributed by atoms with Crippen LogP contribution in [0.15, 0.2) is 23.1 Å². The van der Waals surface area contributed by atoms with E-state index in [0.717, 1.165) is 12.8 Å². The minimum absolute atomic E-state index is 0.144. The van der Waals surface area contributed by atoms with Crippen LogP contribution in [0, 0.1) is 11.8 Å².